The molecule has 1 aromatic heterocycles. The van der Waals surface area contributed by atoms with Gasteiger partial charge in [0, 0.05) is 11.3 Å². The minimum Gasteiger partial charge on any atom is -0.452 e. The van der Waals surface area contributed by atoms with Crippen LogP contribution in [0, 0.1) is 5.82 Å². The van der Waals surface area contributed by atoms with E-state index in [0.29, 0.717) is 11.3 Å². The van der Waals surface area contributed by atoms with E-state index in [1.807, 2.05) is 0 Å². The Hall–Kier alpha value is -3.75. The van der Waals surface area contributed by atoms with E-state index in [1.165, 1.54) is 36.4 Å². The van der Waals surface area contributed by atoms with Crippen molar-refractivity contribution in [3.63, 3.8) is 0 Å². The first kappa shape index (κ1) is 21.0. The molecule has 0 saturated heterocycles. The average Bonchev–Trinajstić information content (AvgIpc) is 3.15. The number of anilines is 1. The predicted octanol–water partition coefficient (Wildman–Crippen LogP) is 4.58. The number of hydrogen-bond donors (Lipinski definition) is 1. The lowest BCUT2D eigenvalue weighted by molar-refractivity contribution is 0.0429. The van der Waals surface area contributed by atoms with Gasteiger partial charge in [-0.15, -0.1) is 0 Å². The number of nitrogens with one attached hydrogen (secondary N) is 1. The van der Waals surface area contributed by atoms with Gasteiger partial charge in [-0.05, 0) is 69.3 Å². The lowest BCUT2D eigenvalue weighted by Gasteiger charge is -2.19. The van der Waals surface area contributed by atoms with E-state index in [4.69, 9.17) is 14.0 Å². The summed E-state index contributed by atoms with van der Waals surface area (Å²) < 4.78 is 28.4. The van der Waals surface area contributed by atoms with Crippen LogP contribution in [0.3, 0.4) is 0 Å². The second-order valence-electron chi connectivity index (χ2n) is 7.30. The van der Waals surface area contributed by atoms with Crippen LogP contribution in [0.15, 0.2) is 53.1 Å². The standard InChI is InChI=1S/C21H20FN3O5/c1-21(2,3)29-20(27)23-16-10-6-14(7-11-16)19(26)28-12-17-24-18(25-30-17)13-4-8-15(22)9-5-13/h4-11H,12H2,1-3H3,(H,23,27). The van der Waals surface area contributed by atoms with Gasteiger partial charge in [0.05, 0.1) is 5.56 Å². The maximum absolute atomic E-state index is 13.0. The Labute approximate surface area is 172 Å². The van der Waals surface area contributed by atoms with Crippen molar-refractivity contribution in [2.24, 2.45) is 0 Å². The number of carbonyl (C=O) groups is 2. The number of rotatable bonds is 5. The third-order valence-corrected chi connectivity index (χ3v) is 3.66. The lowest BCUT2D eigenvalue weighted by Crippen LogP contribution is -2.27. The number of hydrogen-bond acceptors (Lipinski definition) is 7. The van der Waals surface area contributed by atoms with Gasteiger partial charge in [0.25, 0.3) is 5.89 Å². The first-order chi connectivity index (χ1) is 14.2. The molecule has 3 aromatic rings. The Bertz CT molecular complexity index is 1020. The van der Waals surface area contributed by atoms with Crippen LogP contribution in [0.4, 0.5) is 14.9 Å². The van der Waals surface area contributed by atoms with Crippen LogP contribution < -0.4 is 5.32 Å². The van der Waals surface area contributed by atoms with E-state index in [0.717, 1.165) is 0 Å². The van der Waals surface area contributed by atoms with E-state index in [2.05, 4.69) is 15.5 Å². The van der Waals surface area contributed by atoms with Crippen LogP contribution in [0.25, 0.3) is 11.4 Å². The van der Waals surface area contributed by atoms with Gasteiger partial charge in [-0.1, -0.05) is 5.16 Å². The molecule has 0 unspecified atom stereocenters. The second-order valence-corrected chi connectivity index (χ2v) is 7.30. The Morgan fingerprint density at radius 2 is 1.73 bits per heavy atom. The molecule has 0 atom stereocenters. The van der Waals surface area contributed by atoms with Crippen LogP contribution in [0.5, 0.6) is 0 Å². The molecule has 0 aliphatic rings. The fourth-order valence-electron chi connectivity index (χ4n) is 2.35. The third-order valence-electron chi connectivity index (χ3n) is 3.66. The molecular weight excluding hydrogens is 393 g/mol. The van der Waals surface area contributed by atoms with Crippen molar-refractivity contribution in [2.75, 3.05) is 5.32 Å². The first-order valence-corrected chi connectivity index (χ1v) is 9.05. The molecule has 3 rings (SSSR count). The summed E-state index contributed by atoms with van der Waals surface area (Å²) in [6.45, 7) is 5.07. The summed E-state index contributed by atoms with van der Waals surface area (Å²) >= 11 is 0. The zero-order valence-electron chi connectivity index (χ0n) is 16.6. The Morgan fingerprint density at radius 3 is 2.37 bits per heavy atom. The van der Waals surface area contributed by atoms with E-state index in [1.54, 1.807) is 32.9 Å². The average molecular weight is 413 g/mol. The Morgan fingerprint density at radius 1 is 1.07 bits per heavy atom. The van der Waals surface area contributed by atoms with Gasteiger partial charge in [0.2, 0.25) is 5.82 Å². The molecule has 30 heavy (non-hydrogen) atoms. The van der Waals surface area contributed by atoms with Gasteiger partial charge >= 0.3 is 12.1 Å². The third kappa shape index (κ3) is 5.87. The van der Waals surface area contributed by atoms with Gasteiger partial charge in [0.15, 0.2) is 6.61 Å². The summed E-state index contributed by atoms with van der Waals surface area (Å²) in [5, 5.41) is 6.35. The zero-order valence-corrected chi connectivity index (χ0v) is 16.6. The highest BCUT2D eigenvalue weighted by molar-refractivity contribution is 5.91. The van der Waals surface area contributed by atoms with Crippen LogP contribution in [-0.2, 0) is 16.1 Å². The summed E-state index contributed by atoms with van der Waals surface area (Å²) in [5.41, 5.74) is 0.717. The minimum absolute atomic E-state index is 0.103. The van der Waals surface area contributed by atoms with Crippen molar-refractivity contribution < 1.29 is 28.0 Å². The zero-order chi connectivity index (χ0) is 21.7. The number of benzene rings is 2. The molecule has 0 bridgehead atoms. The van der Waals surface area contributed by atoms with Gasteiger partial charge < -0.3 is 14.0 Å². The fraction of sp³-hybridized carbons (Fsp3) is 0.238. The van der Waals surface area contributed by atoms with Crippen LogP contribution in [-0.4, -0.2) is 27.8 Å². The highest BCUT2D eigenvalue weighted by Crippen LogP contribution is 2.17. The van der Waals surface area contributed by atoms with Crippen LogP contribution in [0.2, 0.25) is 0 Å². The van der Waals surface area contributed by atoms with Crippen molar-refractivity contribution in [1.29, 1.82) is 0 Å². The molecule has 0 radical (unpaired) electrons. The SMILES string of the molecule is CC(C)(C)OC(=O)Nc1ccc(C(=O)OCc2nc(-c3ccc(F)cc3)no2)cc1. The molecular formula is C21H20FN3O5. The maximum Gasteiger partial charge on any atom is 0.412 e. The number of ether oxygens (including phenoxy) is 2. The van der Waals surface area contributed by atoms with Crippen molar-refractivity contribution in [1.82, 2.24) is 10.1 Å². The molecule has 2 aromatic carbocycles. The molecule has 0 fully saturated rings. The normalized spacial score (nSPS) is 11.1. The number of carbonyl (C=O) groups excluding carboxylic acids is 2. The van der Waals surface area contributed by atoms with Gasteiger partial charge in [-0.2, -0.15) is 4.98 Å². The molecule has 9 heteroatoms. The highest BCUT2D eigenvalue weighted by atomic mass is 19.1. The summed E-state index contributed by atoms with van der Waals surface area (Å²) in [6.07, 6.45) is -0.592. The molecule has 0 aliphatic heterocycles. The molecule has 8 nitrogen and oxygen atoms in total. The highest BCUT2D eigenvalue weighted by Gasteiger charge is 2.17. The monoisotopic (exact) mass is 413 g/mol. The first-order valence-electron chi connectivity index (χ1n) is 9.05. The number of halogens is 1. The van der Waals surface area contributed by atoms with E-state index < -0.39 is 17.7 Å². The summed E-state index contributed by atoms with van der Waals surface area (Å²) in [4.78, 5) is 28.1. The minimum atomic E-state index is -0.612. The van der Waals surface area contributed by atoms with E-state index >= 15 is 0 Å². The van der Waals surface area contributed by atoms with Crippen LogP contribution >= 0.6 is 0 Å². The molecule has 0 saturated carbocycles. The number of esters is 1. The topological polar surface area (TPSA) is 104 Å². The van der Waals surface area contributed by atoms with Crippen molar-refractivity contribution >= 4 is 17.7 Å². The molecule has 0 aliphatic carbocycles. The summed E-state index contributed by atoms with van der Waals surface area (Å²) in [5.74, 6) is -0.603. The van der Waals surface area contributed by atoms with Crippen molar-refractivity contribution in [3.8, 4) is 11.4 Å². The molecule has 1 amide bonds. The fourth-order valence-corrected chi connectivity index (χ4v) is 2.35. The number of aromatic nitrogens is 2. The van der Waals surface area contributed by atoms with Crippen LogP contribution in [0.1, 0.15) is 37.0 Å². The second kappa shape index (κ2) is 8.73. The van der Waals surface area contributed by atoms with Crippen molar-refractivity contribution in [3.05, 3.63) is 65.8 Å². The lowest BCUT2D eigenvalue weighted by atomic mass is 10.2. The van der Waals surface area contributed by atoms with Gasteiger partial charge in [-0.25, -0.2) is 14.0 Å². The quantitative estimate of drug-likeness (QED) is 0.611. The molecule has 1 N–H and O–H groups in total. The summed E-state index contributed by atoms with van der Waals surface area (Å²) in [7, 11) is 0. The molecule has 1 heterocycles. The van der Waals surface area contributed by atoms with Gasteiger partial charge in [0.1, 0.15) is 11.4 Å². The number of amides is 1. The number of nitrogens with zero attached hydrogens (tertiary/aromatic N) is 2. The maximum atomic E-state index is 13.0. The Balaban J connectivity index is 1.54. The van der Waals surface area contributed by atoms with E-state index in [-0.39, 0.29) is 29.7 Å². The largest absolute Gasteiger partial charge is 0.452 e. The van der Waals surface area contributed by atoms with Crippen molar-refractivity contribution in [2.45, 2.75) is 33.0 Å². The molecule has 0 spiro atoms. The molecule has 156 valence electrons. The summed E-state index contributed by atoms with van der Waals surface area (Å²) in [6, 6.07) is 11.7. The van der Waals surface area contributed by atoms with E-state index in [9.17, 15) is 14.0 Å². The predicted molar refractivity (Wildman–Crippen MR) is 105 cm³/mol. The van der Waals surface area contributed by atoms with Gasteiger partial charge in [-0.3, -0.25) is 5.32 Å². The smallest absolute Gasteiger partial charge is 0.412 e. The Kier molecular flexibility index (Phi) is 6.10.